The van der Waals surface area contributed by atoms with Gasteiger partial charge >= 0.3 is 0 Å². The Morgan fingerprint density at radius 1 is 1.41 bits per heavy atom. The van der Waals surface area contributed by atoms with E-state index >= 15 is 0 Å². The van der Waals surface area contributed by atoms with Crippen molar-refractivity contribution in [2.75, 3.05) is 5.32 Å². The highest BCUT2D eigenvalue weighted by molar-refractivity contribution is 5.96. The molecule has 0 bridgehead atoms. The third-order valence-electron chi connectivity index (χ3n) is 2.11. The monoisotopic (exact) mass is 238 g/mol. The van der Waals surface area contributed by atoms with E-state index in [9.17, 15) is 14.0 Å². The first-order chi connectivity index (χ1) is 7.90. The molecule has 1 rings (SSSR count). The van der Waals surface area contributed by atoms with Gasteiger partial charge in [0.25, 0.3) is 5.91 Å². The number of halogens is 1. The summed E-state index contributed by atoms with van der Waals surface area (Å²) >= 11 is 0. The minimum atomic E-state index is -0.859. The maximum Gasteiger partial charge on any atom is 0.251 e. The number of hydrogen-bond donors (Lipinski definition) is 2. The molecule has 0 aromatic heterocycles. The molecule has 3 N–H and O–H groups in total. The topological polar surface area (TPSA) is 72.2 Å². The van der Waals surface area contributed by atoms with Crippen molar-refractivity contribution in [2.24, 2.45) is 11.7 Å². The Morgan fingerprint density at radius 3 is 2.59 bits per heavy atom. The summed E-state index contributed by atoms with van der Waals surface area (Å²) in [5, 5.41) is 2.58. The van der Waals surface area contributed by atoms with Crippen LogP contribution in [0.25, 0.3) is 0 Å². The van der Waals surface area contributed by atoms with Crippen molar-refractivity contribution in [3.63, 3.8) is 0 Å². The first-order valence-electron chi connectivity index (χ1n) is 5.29. The zero-order valence-electron chi connectivity index (χ0n) is 9.79. The molecular weight excluding hydrogens is 223 g/mol. The average Bonchev–Trinajstić information content (AvgIpc) is 2.19. The van der Waals surface area contributed by atoms with Crippen LogP contribution in [0.2, 0.25) is 0 Å². The molecule has 5 heteroatoms. The van der Waals surface area contributed by atoms with E-state index in [-0.39, 0.29) is 17.4 Å². The fraction of sp³-hybridized carbons (Fsp3) is 0.333. The van der Waals surface area contributed by atoms with E-state index in [1.165, 1.54) is 12.1 Å². The van der Waals surface area contributed by atoms with Gasteiger partial charge in [0, 0.05) is 12.1 Å². The molecule has 4 nitrogen and oxygen atoms in total. The molecule has 1 aromatic carbocycles. The van der Waals surface area contributed by atoms with Crippen molar-refractivity contribution in [1.82, 2.24) is 0 Å². The lowest BCUT2D eigenvalue weighted by Gasteiger charge is -2.08. The van der Waals surface area contributed by atoms with Crippen molar-refractivity contribution in [1.29, 1.82) is 0 Å². The van der Waals surface area contributed by atoms with Crippen LogP contribution >= 0.6 is 0 Å². The van der Waals surface area contributed by atoms with Crippen LogP contribution in [0.3, 0.4) is 0 Å². The molecule has 1 aromatic rings. The van der Waals surface area contributed by atoms with Gasteiger partial charge in [-0.05, 0) is 24.1 Å². The molecule has 0 spiro atoms. The Hall–Kier alpha value is -1.91. The smallest absolute Gasteiger partial charge is 0.251 e. The van der Waals surface area contributed by atoms with Crippen molar-refractivity contribution in [3.05, 3.63) is 29.6 Å². The first-order valence-corrected chi connectivity index (χ1v) is 5.29. The number of anilines is 1. The van der Waals surface area contributed by atoms with Crippen LogP contribution in [0, 0.1) is 11.7 Å². The summed E-state index contributed by atoms with van der Waals surface area (Å²) < 4.78 is 13.2. The van der Waals surface area contributed by atoms with Crippen LogP contribution in [-0.4, -0.2) is 11.8 Å². The van der Waals surface area contributed by atoms with Crippen LogP contribution in [0.5, 0.6) is 0 Å². The Labute approximate surface area is 99.0 Å². The molecule has 0 atom stereocenters. The molecule has 17 heavy (non-hydrogen) atoms. The number of nitrogens with two attached hydrogens (primary N) is 1. The van der Waals surface area contributed by atoms with Crippen molar-refractivity contribution < 1.29 is 14.0 Å². The van der Waals surface area contributed by atoms with Gasteiger partial charge in [-0.2, -0.15) is 0 Å². The van der Waals surface area contributed by atoms with Crippen LogP contribution < -0.4 is 11.1 Å². The van der Waals surface area contributed by atoms with Gasteiger partial charge < -0.3 is 11.1 Å². The van der Waals surface area contributed by atoms with Gasteiger partial charge in [-0.25, -0.2) is 4.39 Å². The normalized spacial score (nSPS) is 10.4. The number of nitrogens with one attached hydrogen (secondary N) is 1. The van der Waals surface area contributed by atoms with Gasteiger partial charge in [0.15, 0.2) is 0 Å². The Bertz CT molecular complexity index is 444. The van der Waals surface area contributed by atoms with Crippen molar-refractivity contribution in [3.8, 4) is 0 Å². The highest BCUT2D eigenvalue weighted by Crippen LogP contribution is 2.15. The molecule has 0 heterocycles. The lowest BCUT2D eigenvalue weighted by atomic mass is 10.1. The molecule has 0 aliphatic heterocycles. The van der Waals surface area contributed by atoms with E-state index < -0.39 is 11.7 Å². The summed E-state index contributed by atoms with van der Waals surface area (Å²) in [6.07, 6.45) is 0.364. The van der Waals surface area contributed by atoms with Gasteiger partial charge in [0.05, 0.1) is 5.56 Å². The summed E-state index contributed by atoms with van der Waals surface area (Å²) in [7, 11) is 0. The molecule has 0 saturated carbocycles. The summed E-state index contributed by atoms with van der Waals surface area (Å²) in [6.45, 7) is 3.83. The second-order valence-corrected chi connectivity index (χ2v) is 4.21. The zero-order chi connectivity index (χ0) is 13.0. The fourth-order valence-corrected chi connectivity index (χ4v) is 1.37. The zero-order valence-corrected chi connectivity index (χ0v) is 9.79. The number of rotatable bonds is 4. The lowest BCUT2D eigenvalue weighted by Crippen LogP contribution is -2.16. The molecule has 0 aliphatic rings. The number of hydrogen-bond acceptors (Lipinski definition) is 2. The Morgan fingerprint density at radius 2 is 2.06 bits per heavy atom. The lowest BCUT2D eigenvalue weighted by molar-refractivity contribution is -0.116. The predicted octanol–water partition coefficient (Wildman–Crippen LogP) is 1.91. The molecular formula is C12H15FN2O2. The number of carbonyl (C=O) groups is 2. The maximum absolute atomic E-state index is 13.2. The Balaban J connectivity index is 2.82. The molecule has 0 radical (unpaired) electrons. The van der Waals surface area contributed by atoms with E-state index in [1.54, 1.807) is 0 Å². The van der Waals surface area contributed by atoms with Crippen LogP contribution in [0.15, 0.2) is 18.2 Å². The molecule has 0 fully saturated rings. The van der Waals surface area contributed by atoms with Gasteiger partial charge in [0.2, 0.25) is 5.91 Å². The van der Waals surface area contributed by atoms with E-state index in [2.05, 4.69) is 5.32 Å². The van der Waals surface area contributed by atoms with Crippen LogP contribution in [0.1, 0.15) is 30.6 Å². The second kappa shape index (κ2) is 5.43. The molecule has 2 amide bonds. The standard InChI is InChI=1S/C12H15FN2O2/c1-7(2)5-11(16)15-8-3-4-10(13)9(6-8)12(14)17/h3-4,6-7H,5H2,1-2H3,(H2,14,17)(H,15,16). The SMILES string of the molecule is CC(C)CC(=O)Nc1ccc(F)c(C(N)=O)c1. The summed E-state index contributed by atoms with van der Waals surface area (Å²) in [5.41, 5.74) is 5.14. The number of amides is 2. The summed E-state index contributed by atoms with van der Waals surface area (Å²) in [6, 6.07) is 3.72. The number of primary amides is 1. The third kappa shape index (κ3) is 3.86. The van der Waals surface area contributed by atoms with E-state index in [0.29, 0.717) is 12.1 Å². The molecule has 0 saturated heterocycles. The average molecular weight is 238 g/mol. The van der Waals surface area contributed by atoms with E-state index in [0.717, 1.165) is 6.07 Å². The van der Waals surface area contributed by atoms with Gasteiger partial charge in [-0.15, -0.1) is 0 Å². The fourth-order valence-electron chi connectivity index (χ4n) is 1.37. The largest absolute Gasteiger partial charge is 0.366 e. The van der Waals surface area contributed by atoms with Crippen LogP contribution in [0.4, 0.5) is 10.1 Å². The number of carbonyl (C=O) groups excluding carboxylic acids is 2. The van der Waals surface area contributed by atoms with Gasteiger partial charge in [0.1, 0.15) is 5.82 Å². The minimum absolute atomic E-state index is 0.179. The summed E-state index contributed by atoms with van der Waals surface area (Å²) in [5.74, 6) is -1.50. The second-order valence-electron chi connectivity index (χ2n) is 4.21. The number of benzene rings is 1. The molecule has 92 valence electrons. The minimum Gasteiger partial charge on any atom is -0.366 e. The Kier molecular flexibility index (Phi) is 4.20. The van der Waals surface area contributed by atoms with E-state index in [1.807, 2.05) is 13.8 Å². The predicted molar refractivity (Wildman–Crippen MR) is 63.0 cm³/mol. The highest BCUT2D eigenvalue weighted by atomic mass is 19.1. The molecule has 0 unspecified atom stereocenters. The van der Waals surface area contributed by atoms with Gasteiger partial charge in [-0.1, -0.05) is 13.8 Å². The van der Waals surface area contributed by atoms with E-state index in [4.69, 9.17) is 5.73 Å². The molecule has 0 aliphatic carbocycles. The highest BCUT2D eigenvalue weighted by Gasteiger charge is 2.11. The quantitative estimate of drug-likeness (QED) is 0.841. The van der Waals surface area contributed by atoms with Crippen molar-refractivity contribution >= 4 is 17.5 Å². The summed E-state index contributed by atoms with van der Waals surface area (Å²) in [4.78, 5) is 22.4. The van der Waals surface area contributed by atoms with Crippen molar-refractivity contribution in [2.45, 2.75) is 20.3 Å². The first kappa shape index (κ1) is 13.2. The third-order valence-corrected chi connectivity index (χ3v) is 2.11. The van der Waals surface area contributed by atoms with Gasteiger partial charge in [-0.3, -0.25) is 9.59 Å². The van der Waals surface area contributed by atoms with Crippen LogP contribution in [-0.2, 0) is 4.79 Å². The maximum atomic E-state index is 13.2.